The highest BCUT2D eigenvalue weighted by molar-refractivity contribution is 5.74. The van der Waals surface area contributed by atoms with Gasteiger partial charge in [-0.3, -0.25) is 9.20 Å². The van der Waals surface area contributed by atoms with E-state index in [0.717, 1.165) is 12.4 Å². The van der Waals surface area contributed by atoms with Crippen molar-refractivity contribution in [2.75, 3.05) is 24.5 Å². The minimum Gasteiger partial charge on any atom is -0.352 e. The maximum atomic E-state index is 13.1. The van der Waals surface area contributed by atoms with Crippen molar-refractivity contribution in [3.05, 3.63) is 36.5 Å². The fraction of sp³-hybridized carbons (Fsp3) is 0.421. The summed E-state index contributed by atoms with van der Waals surface area (Å²) in [6, 6.07) is 1.74. The molecule has 1 saturated heterocycles. The van der Waals surface area contributed by atoms with Gasteiger partial charge in [0.05, 0.1) is 17.9 Å². The third kappa shape index (κ3) is 3.55. The van der Waals surface area contributed by atoms with Crippen LogP contribution >= 0.6 is 0 Å². The maximum absolute atomic E-state index is 13.1. The first-order valence-corrected chi connectivity index (χ1v) is 9.33. The van der Waals surface area contributed by atoms with Gasteiger partial charge in [-0.25, -0.2) is 19.9 Å². The number of carbonyl (C=O) groups excluding carboxylic acids is 1. The summed E-state index contributed by atoms with van der Waals surface area (Å²) in [5, 5.41) is 0. The van der Waals surface area contributed by atoms with Crippen LogP contribution in [0.3, 0.4) is 0 Å². The van der Waals surface area contributed by atoms with Crippen LogP contribution in [0.25, 0.3) is 17.2 Å². The van der Waals surface area contributed by atoms with Gasteiger partial charge >= 0.3 is 6.18 Å². The van der Waals surface area contributed by atoms with Gasteiger partial charge in [0.25, 0.3) is 0 Å². The number of rotatable bonds is 2. The predicted octanol–water partition coefficient (Wildman–Crippen LogP) is 2.65. The van der Waals surface area contributed by atoms with Crippen molar-refractivity contribution in [1.29, 1.82) is 0 Å². The van der Waals surface area contributed by atoms with Crippen LogP contribution in [-0.2, 0) is 11.0 Å². The average molecular weight is 419 g/mol. The van der Waals surface area contributed by atoms with Crippen LogP contribution in [0.2, 0.25) is 0 Å². The number of imidazole rings is 1. The highest BCUT2D eigenvalue weighted by Crippen LogP contribution is 2.29. The Balaban J connectivity index is 1.69. The van der Waals surface area contributed by atoms with E-state index in [1.807, 2.05) is 23.6 Å². The number of carbonyl (C=O) groups is 1. The summed E-state index contributed by atoms with van der Waals surface area (Å²) in [4.78, 5) is 32.1. The predicted molar refractivity (Wildman–Crippen MR) is 103 cm³/mol. The SMILES string of the molecule is CC(=O)N1CCN(c2ccnc(-c3cnc4cnc(C(F)(F)F)cn34)n2)CC1(C)C. The Kier molecular flexibility index (Phi) is 4.63. The summed E-state index contributed by atoms with van der Waals surface area (Å²) in [7, 11) is 0. The molecule has 30 heavy (non-hydrogen) atoms. The van der Waals surface area contributed by atoms with Crippen LogP contribution in [0.15, 0.2) is 30.9 Å². The van der Waals surface area contributed by atoms with Crippen molar-refractivity contribution in [2.45, 2.75) is 32.5 Å². The summed E-state index contributed by atoms with van der Waals surface area (Å²) < 4.78 is 40.5. The molecule has 4 rings (SSSR count). The highest BCUT2D eigenvalue weighted by atomic mass is 19.4. The molecule has 1 aliphatic rings. The number of halogens is 3. The number of hydrogen-bond donors (Lipinski definition) is 0. The van der Waals surface area contributed by atoms with E-state index >= 15 is 0 Å². The van der Waals surface area contributed by atoms with E-state index in [1.54, 1.807) is 19.2 Å². The van der Waals surface area contributed by atoms with Gasteiger partial charge in [0.1, 0.15) is 11.5 Å². The van der Waals surface area contributed by atoms with Crippen LogP contribution in [0.5, 0.6) is 0 Å². The van der Waals surface area contributed by atoms with E-state index in [0.29, 0.717) is 31.1 Å². The van der Waals surface area contributed by atoms with Crippen molar-refractivity contribution in [2.24, 2.45) is 0 Å². The van der Waals surface area contributed by atoms with E-state index in [1.165, 1.54) is 10.6 Å². The van der Waals surface area contributed by atoms with Gasteiger partial charge in [-0.15, -0.1) is 0 Å². The lowest BCUT2D eigenvalue weighted by molar-refractivity contribution is -0.141. The summed E-state index contributed by atoms with van der Waals surface area (Å²) in [5.74, 6) is 0.908. The lowest BCUT2D eigenvalue weighted by Crippen LogP contribution is -2.60. The maximum Gasteiger partial charge on any atom is 0.434 e. The molecule has 0 aromatic carbocycles. The summed E-state index contributed by atoms with van der Waals surface area (Å²) >= 11 is 0. The third-order valence-corrected chi connectivity index (χ3v) is 5.16. The van der Waals surface area contributed by atoms with E-state index in [4.69, 9.17) is 0 Å². The molecule has 0 saturated carbocycles. The van der Waals surface area contributed by atoms with Crippen LogP contribution in [0.1, 0.15) is 26.5 Å². The molecular formula is C19H20F3N7O. The molecule has 0 atom stereocenters. The zero-order valence-corrected chi connectivity index (χ0v) is 16.7. The molecule has 0 bridgehead atoms. The molecule has 158 valence electrons. The lowest BCUT2D eigenvalue weighted by Gasteiger charge is -2.47. The minimum atomic E-state index is -4.57. The van der Waals surface area contributed by atoms with Crippen molar-refractivity contribution in [3.63, 3.8) is 0 Å². The molecule has 0 aliphatic carbocycles. The molecule has 4 heterocycles. The second-order valence-corrected chi connectivity index (χ2v) is 7.79. The van der Waals surface area contributed by atoms with Gasteiger partial charge in [0.15, 0.2) is 17.2 Å². The average Bonchev–Trinajstić information content (AvgIpc) is 3.09. The number of alkyl halides is 3. The normalized spacial score (nSPS) is 16.9. The monoisotopic (exact) mass is 419 g/mol. The molecule has 0 radical (unpaired) electrons. The minimum absolute atomic E-state index is 0.0165. The topological polar surface area (TPSA) is 79.5 Å². The first kappa shape index (κ1) is 20.0. The van der Waals surface area contributed by atoms with Crippen molar-refractivity contribution >= 4 is 17.4 Å². The molecule has 8 nitrogen and oxygen atoms in total. The molecule has 1 fully saturated rings. The van der Waals surface area contributed by atoms with E-state index in [9.17, 15) is 18.0 Å². The Morgan fingerprint density at radius 2 is 1.90 bits per heavy atom. The summed E-state index contributed by atoms with van der Waals surface area (Å²) in [6.07, 6.45) is 0.379. The Morgan fingerprint density at radius 3 is 2.57 bits per heavy atom. The number of aromatic nitrogens is 5. The van der Waals surface area contributed by atoms with Gasteiger partial charge < -0.3 is 9.80 Å². The molecule has 3 aromatic rings. The summed E-state index contributed by atoms with van der Waals surface area (Å²) in [6.45, 7) is 7.23. The number of hydrogen-bond acceptors (Lipinski definition) is 6. The smallest absolute Gasteiger partial charge is 0.352 e. The molecule has 1 aliphatic heterocycles. The molecule has 0 N–H and O–H groups in total. The third-order valence-electron chi connectivity index (χ3n) is 5.16. The van der Waals surface area contributed by atoms with Gasteiger partial charge in [0.2, 0.25) is 5.91 Å². The number of nitrogens with zero attached hydrogens (tertiary/aromatic N) is 7. The molecule has 1 amide bonds. The highest BCUT2D eigenvalue weighted by Gasteiger charge is 2.36. The molecule has 0 unspecified atom stereocenters. The quantitative estimate of drug-likeness (QED) is 0.636. The van der Waals surface area contributed by atoms with E-state index < -0.39 is 11.9 Å². The Morgan fingerprint density at radius 1 is 1.13 bits per heavy atom. The van der Waals surface area contributed by atoms with Gasteiger partial charge in [-0.1, -0.05) is 0 Å². The van der Waals surface area contributed by atoms with Crippen molar-refractivity contribution < 1.29 is 18.0 Å². The van der Waals surface area contributed by atoms with Crippen LogP contribution in [-0.4, -0.2) is 60.3 Å². The van der Waals surface area contributed by atoms with Crippen LogP contribution in [0, 0.1) is 0 Å². The molecule has 0 spiro atoms. The van der Waals surface area contributed by atoms with Crippen LogP contribution in [0.4, 0.5) is 19.0 Å². The fourth-order valence-corrected chi connectivity index (χ4v) is 3.78. The second-order valence-electron chi connectivity index (χ2n) is 7.79. The Labute approximate surface area is 170 Å². The molecule has 3 aromatic heterocycles. The van der Waals surface area contributed by atoms with E-state index in [-0.39, 0.29) is 22.9 Å². The zero-order chi connectivity index (χ0) is 21.7. The lowest BCUT2D eigenvalue weighted by atomic mass is 9.98. The van der Waals surface area contributed by atoms with Gasteiger partial charge in [0, 0.05) is 39.0 Å². The van der Waals surface area contributed by atoms with Gasteiger partial charge in [-0.2, -0.15) is 13.2 Å². The fourth-order valence-electron chi connectivity index (χ4n) is 3.78. The van der Waals surface area contributed by atoms with Crippen molar-refractivity contribution in [1.82, 2.24) is 29.2 Å². The van der Waals surface area contributed by atoms with Crippen LogP contribution < -0.4 is 4.90 Å². The molecular weight excluding hydrogens is 399 g/mol. The second kappa shape index (κ2) is 6.92. The Bertz CT molecular complexity index is 1110. The first-order chi connectivity index (χ1) is 14.1. The zero-order valence-electron chi connectivity index (χ0n) is 16.7. The number of anilines is 1. The first-order valence-electron chi connectivity index (χ1n) is 9.33. The Hall–Kier alpha value is -3.24. The number of piperazine rings is 1. The largest absolute Gasteiger partial charge is 0.434 e. The van der Waals surface area contributed by atoms with E-state index in [2.05, 4.69) is 19.9 Å². The standard InChI is InChI=1S/C19H20F3N7O/c1-12(30)29-7-6-27(11-18(29,2)3)15-4-5-23-17(26-15)13-8-25-16-9-24-14(10-28(13)16)19(20,21)22/h4-5,8-10H,6-7,11H2,1-3H3. The number of fused-ring (bicyclic) bond motifs is 1. The van der Waals surface area contributed by atoms with Gasteiger partial charge in [-0.05, 0) is 19.9 Å². The van der Waals surface area contributed by atoms with Crippen molar-refractivity contribution in [3.8, 4) is 11.5 Å². The molecule has 11 heteroatoms. The summed E-state index contributed by atoms with van der Waals surface area (Å²) in [5.41, 5.74) is -0.803. The number of amides is 1.